The molecule has 4 heterocycles. The summed E-state index contributed by atoms with van der Waals surface area (Å²) in [5, 5.41) is 3.04. The minimum absolute atomic E-state index is 0.0457. The number of hydrogen-bond donors (Lipinski definition) is 1. The van der Waals surface area contributed by atoms with Crippen LogP contribution in [0, 0.1) is 5.92 Å². The van der Waals surface area contributed by atoms with Gasteiger partial charge in [0.25, 0.3) is 0 Å². The maximum atomic E-state index is 12.5. The number of hydrogen-bond acceptors (Lipinski definition) is 7. The third-order valence-corrected chi connectivity index (χ3v) is 5.38. The Morgan fingerprint density at radius 2 is 1.93 bits per heavy atom. The van der Waals surface area contributed by atoms with Crippen LogP contribution in [0.3, 0.4) is 0 Å². The van der Waals surface area contributed by atoms with Crippen molar-refractivity contribution in [1.82, 2.24) is 20.3 Å². The lowest BCUT2D eigenvalue weighted by Crippen LogP contribution is -2.42. The van der Waals surface area contributed by atoms with Crippen molar-refractivity contribution in [3.8, 4) is 0 Å². The molecular formula is C20H26N6O2. The minimum Gasteiger partial charge on any atom is -0.378 e. The Hall–Kier alpha value is -2.74. The van der Waals surface area contributed by atoms with Gasteiger partial charge in [0.2, 0.25) is 5.91 Å². The molecule has 28 heavy (non-hydrogen) atoms. The lowest BCUT2D eigenvalue weighted by Gasteiger charge is -2.36. The number of amides is 1. The summed E-state index contributed by atoms with van der Waals surface area (Å²) in [6.45, 7) is 5.33. The van der Waals surface area contributed by atoms with Crippen molar-refractivity contribution >= 4 is 17.4 Å². The van der Waals surface area contributed by atoms with E-state index < -0.39 is 0 Å². The number of aromatic nitrogens is 3. The van der Waals surface area contributed by atoms with Crippen molar-refractivity contribution in [1.29, 1.82) is 0 Å². The highest BCUT2D eigenvalue weighted by molar-refractivity contribution is 5.79. The maximum Gasteiger partial charge on any atom is 0.223 e. The third-order valence-electron chi connectivity index (χ3n) is 5.38. The second kappa shape index (κ2) is 8.97. The van der Waals surface area contributed by atoms with E-state index in [1.54, 1.807) is 18.7 Å². The van der Waals surface area contributed by atoms with E-state index in [1.807, 2.05) is 18.3 Å². The van der Waals surface area contributed by atoms with Crippen LogP contribution in [0.15, 0.2) is 37.1 Å². The fourth-order valence-electron chi connectivity index (χ4n) is 3.78. The number of morpholine rings is 1. The summed E-state index contributed by atoms with van der Waals surface area (Å²) in [4.78, 5) is 29.9. The monoisotopic (exact) mass is 382 g/mol. The molecule has 0 unspecified atom stereocenters. The van der Waals surface area contributed by atoms with Gasteiger partial charge in [-0.25, -0.2) is 9.97 Å². The van der Waals surface area contributed by atoms with Crippen LogP contribution in [0.5, 0.6) is 0 Å². The lowest BCUT2D eigenvalue weighted by molar-refractivity contribution is -0.125. The van der Waals surface area contributed by atoms with Gasteiger partial charge in [0.15, 0.2) is 5.82 Å². The third kappa shape index (κ3) is 4.39. The Balaban J connectivity index is 1.33. The molecule has 2 aliphatic heterocycles. The summed E-state index contributed by atoms with van der Waals surface area (Å²) in [6, 6.07) is 3.85. The number of ether oxygens (including phenoxy) is 1. The summed E-state index contributed by atoms with van der Waals surface area (Å²) < 4.78 is 5.45. The first kappa shape index (κ1) is 18.6. The van der Waals surface area contributed by atoms with Gasteiger partial charge in [0, 0.05) is 51.0 Å². The van der Waals surface area contributed by atoms with Gasteiger partial charge in [-0.1, -0.05) is 6.07 Å². The molecule has 148 valence electrons. The molecule has 0 radical (unpaired) electrons. The number of nitrogens with one attached hydrogen (secondary N) is 1. The zero-order valence-electron chi connectivity index (χ0n) is 16.0. The zero-order valence-corrected chi connectivity index (χ0v) is 16.0. The Bertz CT molecular complexity index is 773. The van der Waals surface area contributed by atoms with Crippen molar-refractivity contribution in [3.63, 3.8) is 0 Å². The van der Waals surface area contributed by atoms with Crippen LogP contribution in [0.1, 0.15) is 18.4 Å². The van der Waals surface area contributed by atoms with Crippen molar-refractivity contribution in [3.05, 3.63) is 42.6 Å². The van der Waals surface area contributed by atoms with Crippen molar-refractivity contribution in [2.75, 3.05) is 49.2 Å². The van der Waals surface area contributed by atoms with Crippen LogP contribution < -0.4 is 15.1 Å². The van der Waals surface area contributed by atoms with Crippen LogP contribution in [0.25, 0.3) is 0 Å². The van der Waals surface area contributed by atoms with Gasteiger partial charge in [0.05, 0.1) is 25.1 Å². The van der Waals surface area contributed by atoms with Crippen molar-refractivity contribution < 1.29 is 9.53 Å². The first-order valence-electron chi connectivity index (χ1n) is 9.85. The van der Waals surface area contributed by atoms with E-state index >= 15 is 0 Å². The highest BCUT2D eigenvalue weighted by Crippen LogP contribution is 2.30. The van der Waals surface area contributed by atoms with Crippen molar-refractivity contribution in [2.24, 2.45) is 5.92 Å². The second-order valence-electron chi connectivity index (χ2n) is 7.17. The first-order chi connectivity index (χ1) is 13.8. The molecule has 1 amide bonds. The normalized spacial score (nSPS) is 18.1. The molecule has 2 aromatic heterocycles. The summed E-state index contributed by atoms with van der Waals surface area (Å²) in [5.41, 5.74) is 2.07. The molecule has 0 aromatic carbocycles. The molecular weight excluding hydrogens is 356 g/mol. The molecule has 0 spiro atoms. The Morgan fingerprint density at radius 1 is 1.11 bits per heavy atom. The van der Waals surface area contributed by atoms with Gasteiger partial charge in [-0.05, 0) is 24.5 Å². The van der Waals surface area contributed by atoms with Gasteiger partial charge in [-0.15, -0.1) is 0 Å². The van der Waals surface area contributed by atoms with Crippen LogP contribution in [-0.4, -0.2) is 60.3 Å². The molecule has 2 aliphatic rings. The van der Waals surface area contributed by atoms with Gasteiger partial charge in [-0.3, -0.25) is 9.78 Å². The van der Waals surface area contributed by atoms with E-state index in [2.05, 4.69) is 30.1 Å². The molecule has 8 heteroatoms. The molecule has 0 aliphatic carbocycles. The average molecular weight is 382 g/mol. The standard InChI is InChI=1S/C20H26N6O2/c27-20(23-13-16-2-1-5-21-12-16)17-3-6-25(7-4-17)18-14-22-15-24-19(18)26-8-10-28-11-9-26/h1-2,5,12,14-15,17H,3-4,6-11,13H2,(H,23,27). The van der Waals surface area contributed by atoms with Crippen molar-refractivity contribution in [2.45, 2.75) is 19.4 Å². The van der Waals surface area contributed by atoms with Gasteiger partial charge in [0.1, 0.15) is 6.33 Å². The number of piperidine rings is 1. The molecule has 0 saturated carbocycles. The number of rotatable bonds is 5. The van der Waals surface area contributed by atoms with Crippen LogP contribution >= 0.6 is 0 Å². The number of nitrogens with zero attached hydrogens (tertiary/aromatic N) is 5. The number of anilines is 2. The van der Waals surface area contributed by atoms with Crippen LogP contribution in [-0.2, 0) is 16.1 Å². The molecule has 0 atom stereocenters. The highest BCUT2D eigenvalue weighted by atomic mass is 16.5. The second-order valence-corrected chi connectivity index (χ2v) is 7.17. The van der Waals surface area contributed by atoms with Crippen LogP contribution in [0.2, 0.25) is 0 Å². The molecule has 4 rings (SSSR count). The van der Waals surface area contributed by atoms with E-state index in [0.717, 1.165) is 69.3 Å². The molecule has 8 nitrogen and oxygen atoms in total. The predicted octanol–water partition coefficient (Wildman–Crippen LogP) is 1.24. The topological polar surface area (TPSA) is 83.5 Å². The molecule has 2 saturated heterocycles. The lowest BCUT2D eigenvalue weighted by atomic mass is 9.95. The summed E-state index contributed by atoms with van der Waals surface area (Å²) in [7, 11) is 0. The highest BCUT2D eigenvalue weighted by Gasteiger charge is 2.27. The fraction of sp³-hybridized carbons (Fsp3) is 0.500. The predicted molar refractivity (Wildman–Crippen MR) is 106 cm³/mol. The molecule has 1 N–H and O–H groups in total. The SMILES string of the molecule is O=C(NCc1cccnc1)C1CCN(c2cncnc2N2CCOCC2)CC1. The molecule has 0 bridgehead atoms. The van der Waals surface area contributed by atoms with E-state index in [1.165, 1.54) is 0 Å². The van der Waals surface area contributed by atoms with E-state index in [-0.39, 0.29) is 11.8 Å². The van der Waals surface area contributed by atoms with Gasteiger partial charge in [-0.2, -0.15) is 0 Å². The first-order valence-corrected chi connectivity index (χ1v) is 9.85. The number of pyridine rings is 1. The van der Waals surface area contributed by atoms with E-state index in [9.17, 15) is 4.79 Å². The smallest absolute Gasteiger partial charge is 0.223 e. The van der Waals surface area contributed by atoms with E-state index in [4.69, 9.17) is 4.74 Å². The maximum absolute atomic E-state index is 12.5. The number of carbonyl (C=O) groups excluding carboxylic acids is 1. The Morgan fingerprint density at radius 3 is 2.68 bits per heavy atom. The molecule has 2 fully saturated rings. The Kier molecular flexibility index (Phi) is 5.96. The minimum atomic E-state index is 0.0457. The van der Waals surface area contributed by atoms with E-state index in [0.29, 0.717) is 6.54 Å². The Labute approximate surface area is 164 Å². The quantitative estimate of drug-likeness (QED) is 0.833. The largest absolute Gasteiger partial charge is 0.378 e. The summed E-state index contributed by atoms with van der Waals surface area (Å²) in [6.07, 6.45) is 8.67. The van der Waals surface area contributed by atoms with Crippen LogP contribution in [0.4, 0.5) is 11.5 Å². The zero-order chi connectivity index (χ0) is 19.2. The fourth-order valence-corrected chi connectivity index (χ4v) is 3.78. The summed E-state index contributed by atoms with van der Waals surface area (Å²) in [5.74, 6) is 1.14. The average Bonchev–Trinajstić information content (AvgIpc) is 2.79. The molecule has 2 aromatic rings. The van der Waals surface area contributed by atoms with Gasteiger partial charge < -0.3 is 19.9 Å². The number of carbonyl (C=O) groups is 1. The van der Waals surface area contributed by atoms with Gasteiger partial charge >= 0.3 is 0 Å². The summed E-state index contributed by atoms with van der Waals surface area (Å²) >= 11 is 0.